The van der Waals surface area contributed by atoms with Crippen molar-refractivity contribution in [2.75, 3.05) is 13.2 Å². The summed E-state index contributed by atoms with van der Waals surface area (Å²) in [6, 6.07) is 17.2. The van der Waals surface area contributed by atoms with Crippen LogP contribution >= 0.6 is 0 Å². The topological polar surface area (TPSA) is 88.1 Å². The van der Waals surface area contributed by atoms with E-state index in [2.05, 4.69) is 6.58 Å². The van der Waals surface area contributed by atoms with Crippen molar-refractivity contribution in [2.45, 2.75) is 51.1 Å². The summed E-state index contributed by atoms with van der Waals surface area (Å²) in [5.41, 5.74) is -4.91. The summed E-state index contributed by atoms with van der Waals surface area (Å²) < 4.78 is 68.2. The van der Waals surface area contributed by atoms with E-state index in [1.807, 2.05) is 0 Å². The lowest BCUT2D eigenvalue weighted by atomic mass is 9.62. The third-order valence-corrected chi connectivity index (χ3v) is 7.82. The lowest BCUT2D eigenvalue weighted by Crippen LogP contribution is -2.59. The highest BCUT2D eigenvalue weighted by molar-refractivity contribution is 5.92. The Labute approximate surface area is 259 Å². The van der Waals surface area contributed by atoms with Gasteiger partial charge < -0.3 is 18.9 Å². The fourth-order valence-electron chi connectivity index (χ4n) is 5.48. The second-order valence-corrected chi connectivity index (χ2v) is 11.3. The Morgan fingerprint density at radius 1 is 0.844 bits per heavy atom. The Kier molecular flexibility index (Phi) is 10.4. The highest BCUT2D eigenvalue weighted by Gasteiger charge is 2.64. The van der Waals surface area contributed by atoms with E-state index >= 15 is 8.78 Å². The van der Waals surface area contributed by atoms with Gasteiger partial charge in [-0.15, -0.1) is 0 Å². The van der Waals surface area contributed by atoms with Gasteiger partial charge in [-0.05, 0) is 90.9 Å². The first-order valence-electron chi connectivity index (χ1n) is 14.6. The van der Waals surface area contributed by atoms with Crippen LogP contribution in [0.15, 0.2) is 85.5 Å². The van der Waals surface area contributed by atoms with Crippen molar-refractivity contribution in [3.63, 3.8) is 0 Å². The number of hydrogen-bond donors (Lipinski definition) is 0. The average molecular weight is 625 g/mol. The van der Waals surface area contributed by atoms with Crippen molar-refractivity contribution >= 4 is 17.9 Å². The molecule has 238 valence electrons. The Hall–Kier alpha value is -4.60. The predicted molar refractivity (Wildman–Crippen MR) is 161 cm³/mol. The molecular weight excluding hydrogens is 589 g/mol. The maximum atomic E-state index is 16.3. The SMILES string of the molecule is C=CC(=O)OCCOc1ccc(C(=O)Oc2ccc(OC(=O)c3ccc(C4(F)CC(C)CC(F)C4(F)C(C)C)cc3)cc2)cc1. The molecule has 0 spiro atoms. The molecule has 3 aromatic rings. The van der Waals surface area contributed by atoms with Crippen LogP contribution in [0.5, 0.6) is 17.2 Å². The summed E-state index contributed by atoms with van der Waals surface area (Å²) in [7, 11) is 0. The molecule has 7 nitrogen and oxygen atoms in total. The van der Waals surface area contributed by atoms with Crippen LogP contribution in [0.25, 0.3) is 0 Å². The van der Waals surface area contributed by atoms with Crippen molar-refractivity contribution in [2.24, 2.45) is 11.8 Å². The van der Waals surface area contributed by atoms with Gasteiger partial charge in [-0.1, -0.05) is 39.5 Å². The number of alkyl halides is 3. The van der Waals surface area contributed by atoms with E-state index in [4.69, 9.17) is 18.9 Å². The molecule has 0 bridgehead atoms. The summed E-state index contributed by atoms with van der Waals surface area (Å²) in [4.78, 5) is 36.3. The van der Waals surface area contributed by atoms with Gasteiger partial charge in [0.15, 0.2) is 11.3 Å². The molecule has 0 amide bonds. The number of esters is 3. The quantitative estimate of drug-likeness (QED) is 0.0943. The van der Waals surface area contributed by atoms with E-state index in [9.17, 15) is 18.8 Å². The molecule has 1 saturated carbocycles. The zero-order valence-corrected chi connectivity index (χ0v) is 25.3. The maximum absolute atomic E-state index is 16.3. The van der Waals surface area contributed by atoms with Gasteiger partial charge >= 0.3 is 17.9 Å². The molecule has 10 heteroatoms. The first kappa shape index (κ1) is 33.3. The summed E-state index contributed by atoms with van der Waals surface area (Å²) in [6.07, 6.45) is -1.12. The monoisotopic (exact) mass is 624 g/mol. The molecule has 0 aromatic heterocycles. The lowest BCUT2D eigenvalue weighted by Gasteiger charge is -2.49. The van der Waals surface area contributed by atoms with E-state index in [0.29, 0.717) is 5.75 Å². The summed E-state index contributed by atoms with van der Waals surface area (Å²) in [6.45, 7) is 8.12. The number of halogens is 3. The molecule has 4 atom stereocenters. The molecule has 0 aliphatic heterocycles. The minimum atomic E-state index is -2.70. The van der Waals surface area contributed by atoms with Crippen LogP contribution in [-0.4, -0.2) is 43.0 Å². The number of benzene rings is 3. The minimum Gasteiger partial charge on any atom is -0.490 e. The van der Waals surface area contributed by atoms with Crippen LogP contribution in [0.1, 0.15) is 59.9 Å². The summed E-state index contributed by atoms with van der Waals surface area (Å²) >= 11 is 0. The Morgan fingerprint density at radius 2 is 1.33 bits per heavy atom. The first-order chi connectivity index (χ1) is 21.4. The van der Waals surface area contributed by atoms with E-state index < -0.39 is 41.3 Å². The van der Waals surface area contributed by atoms with Crippen LogP contribution in [0.2, 0.25) is 0 Å². The van der Waals surface area contributed by atoms with Gasteiger partial charge in [0.1, 0.15) is 36.6 Å². The Bertz CT molecular complexity index is 1510. The number of ether oxygens (including phenoxy) is 4. The molecule has 1 aliphatic carbocycles. The smallest absolute Gasteiger partial charge is 0.343 e. The van der Waals surface area contributed by atoms with Gasteiger partial charge in [0.2, 0.25) is 0 Å². The highest BCUT2D eigenvalue weighted by Crippen LogP contribution is 2.56. The van der Waals surface area contributed by atoms with Gasteiger partial charge in [0, 0.05) is 6.08 Å². The lowest BCUT2D eigenvalue weighted by molar-refractivity contribution is -0.162. The fourth-order valence-corrected chi connectivity index (χ4v) is 5.48. The molecule has 3 aromatic carbocycles. The van der Waals surface area contributed by atoms with Gasteiger partial charge in [0.25, 0.3) is 0 Å². The summed E-state index contributed by atoms with van der Waals surface area (Å²) in [5.74, 6) is -2.34. The van der Waals surface area contributed by atoms with Crippen molar-refractivity contribution in [1.82, 2.24) is 0 Å². The number of carbonyl (C=O) groups excluding carboxylic acids is 3. The molecule has 1 fully saturated rings. The number of rotatable bonds is 11. The van der Waals surface area contributed by atoms with Crippen molar-refractivity contribution in [3.05, 3.63) is 102 Å². The molecule has 4 rings (SSSR count). The van der Waals surface area contributed by atoms with E-state index in [1.54, 1.807) is 19.1 Å². The molecule has 1 aliphatic rings. The van der Waals surface area contributed by atoms with Crippen LogP contribution in [0.3, 0.4) is 0 Å². The maximum Gasteiger partial charge on any atom is 0.343 e. The van der Waals surface area contributed by atoms with Crippen molar-refractivity contribution < 1.29 is 46.5 Å². The molecule has 45 heavy (non-hydrogen) atoms. The molecule has 0 radical (unpaired) electrons. The molecule has 0 heterocycles. The number of carbonyl (C=O) groups is 3. The normalized spacial score (nSPS) is 22.7. The van der Waals surface area contributed by atoms with Crippen molar-refractivity contribution in [3.8, 4) is 17.2 Å². The zero-order valence-electron chi connectivity index (χ0n) is 25.3. The average Bonchev–Trinajstić information content (AvgIpc) is 3.02. The van der Waals surface area contributed by atoms with Gasteiger partial charge in [-0.2, -0.15) is 0 Å². The van der Waals surface area contributed by atoms with Crippen molar-refractivity contribution in [1.29, 1.82) is 0 Å². The minimum absolute atomic E-state index is 0.0238. The van der Waals surface area contributed by atoms with Crippen LogP contribution in [0.4, 0.5) is 13.2 Å². The van der Waals surface area contributed by atoms with Gasteiger partial charge in [0.05, 0.1) is 11.1 Å². The van der Waals surface area contributed by atoms with E-state index in [0.717, 1.165) is 6.08 Å². The predicted octanol–water partition coefficient (Wildman–Crippen LogP) is 7.53. The van der Waals surface area contributed by atoms with Crippen LogP contribution in [0, 0.1) is 11.8 Å². The largest absolute Gasteiger partial charge is 0.490 e. The Morgan fingerprint density at radius 3 is 1.82 bits per heavy atom. The zero-order chi connectivity index (χ0) is 32.8. The second-order valence-electron chi connectivity index (χ2n) is 11.3. The third-order valence-electron chi connectivity index (χ3n) is 7.82. The third kappa shape index (κ3) is 7.38. The van der Waals surface area contributed by atoms with Crippen LogP contribution in [-0.2, 0) is 15.2 Å². The fraction of sp³-hybridized carbons (Fsp3) is 0.343. The molecule has 0 N–H and O–H groups in total. The Balaban J connectivity index is 1.33. The standard InChI is InChI=1S/C35H35F3O7/c1-5-31(39)43-19-18-42-27-12-8-25(9-13-27)33(41)45-29-16-14-28(15-17-29)44-32(40)24-6-10-26(11-7-24)34(37)21-23(4)20-30(36)35(34,38)22(2)3/h5-17,22-23,30H,1,18-21H2,2-4H3. The van der Waals surface area contributed by atoms with Gasteiger partial charge in [-0.25, -0.2) is 27.6 Å². The van der Waals surface area contributed by atoms with Crippen LogP contribution < -0.4 is 14.2 Å². The van der Waals surface area contributed by atoms with E-state index in [1.165, 1.54) is 74.5 Å². The molecular formula is C35H35F3O7. The number of hydrogen-bond acceptors (Lipinski definition) is 7. The first-order valence-corrected chi connectivity index (χ1v) is 14.6. The highest BCUT2D eigenvalue weighted by atomic mass is 19.2. The molecule has 0 saturated heterocycles. The van der Waals surface area contributed by atoms with E-state index in [-0.39, 0.29) is 60.2 Å². The molecule has 4 unspecified atom stereocenters. The summed E-state index contributed by atoms with van der Waals surface area (Å²) in [5, 5.41) is 0. The van der Waals surface area contributed by atoms with Gasteiger partial charge in [-0.3, -0.25) is 0 Å². The second kappa shape index (κ2) is 14.0.